The molecule has 0 spiro atoms. The Morgan fingerprint density at radius 1 is 1.15 bits per heavy atom. The summed E-state index contributed by atoms with van der Waals surface area (Å²) >= 11 is 1.31. The van der Waals surface area contributed by atoms with Gasteiger partial charge in [-0.1, -0.05) is 24.6 Å². The maximum Gasteiger partial charge on any atom is 0.341 e. The van der Waals surface area contributed by atoms with Crippen LogP contribution in [0, 0.1) is 0 Å². The Labute approximate surface area is 164 Å². The number of esters is 1. The van der Waals surface area contributed by atoms with Crippen LogP contribution in [0.4, 0.5) is 5.00 Å². The van der Waals surface area contributed by atoms with Gasteiger partial charge in [-0.2, -0.15) is 0 Å². The fraction of sp³-hybridized carbons (Fsp3) is 0.333. The van der Waals surface area contributed by atoms with Gasteiger partial charge in [0.1, 0.15) is 16.3 Å². The van der Waals surface area contributed by atoms with Gasteiger partial charge in [-0.3, -0.25) is 4.79 Å². The minimum absolute atomic E-state index is 0.263. The Kier molecular flexibility index (Phi) is 7.61. The number of hydrogen-bond acceptors (Lipinski definition) is 5. The summed E-state index contributed by atoms with van der Waals surface area (Å²) < 4.78 is 10.8. The lowest BCUT2D eigenvalue weighted by molar-refractivity contribution is -0.111. The van der Waals surface area contributed by atoms with Crippen molar-refractivity contribution in [2.24, 2.45) is 0 Å². The van der Waals surface area contributed by atoms with Gasteiger partial charge in [0.2, 0.25) is 5.91 Å². The Hall–Kier alpha value is -2.60. The van der Waals surface area contributed by atoms with Crippen molar-refractivity contribution < 1.29 is 19.1 Å². The molecule has 0 bridgehead atoms. The standard InChI is InChI=1S/C21H25NO4S/c1-5-11-26-16-9-7-15(8-10-16)17-13-27-20(19(17)21(24)25-6-2)22-18(23)12-14(3)4/h7-10,12-13H,5-6,11H2,1-4H3,(H,22,23). The van der Waals surface area contributed by atoms with Crippen LogP contribution in [0.3, 0.4) is 0 Å². The second-order valence-corrected chi connectivity index (χ2v) is 7.04. The number of thiophene rings is 1. The van der Waals surface area contributed by atoms with E-state index in [9.17, 15) is 9.59 Å². The zero-order valence-corrected chi connectivity index (χ0v) is 16.9. The van der Waals surface area contributed by atoms with E-state index in [1.165, 1.54) is 17.4 Å². The van der Waals surface area contributed by atoms with Crippen molar-refractivity contribution in [1.82, 2.24) is 0 Å². The van der Waals surface area contributed by atoms with E-state index < -0.39 is 5.97 Å². The largest absolute Gasteiger partial charge is 0.494 e. The summed E-state index contributed by atoms with van der Waals surface area (Å²) in [6.07, 6.45) is 2.43. The topological polar surface area (TPSA) is 64.6 Å². The van der Waals surface area contributed by atoms with Crippen molar-refractivity contribution in [3.63, 3.8) is 0 Å². The van der Waals surface area contributed by atoms with Crippen LogP contribution in [0.5, 0.6) is 5.75 Å². The number of hydrogen-bond donors (Lipinski definition) is 1. The van der Waals surface area contributed by atoms with Crippen LogP contribution in [0.1, 0.15) is 44.5 Å². The van der Waals surface area contributed by atoms with Crippen LogP contribution in [-0.4, -0.2) is 25.1 Å². The molecule has 5 nitrogen and oxygen atoms in total. The van der Waals surface area contributed by atoms with Crippen LogP contribution in [0.2, 0.25) is 0 Å². The second-order valence-electron chi connectivity index (χ2n) is 6.16. The van der Waals surface area contributed by atoms with E-state index in [0.29, 0.717) is 17.2 Å². The predicted octanol–water partition coefficient (Wildman–Crippen LogP) is 5.29. The van der Waals surface area contributed by atoms with Crippen LogP contribution in [0.25, 0.3) is 11.1 Å². The van der Waals surface area contributed by atoms with Crippen molar-refractivity contribution in [2.75, 3.05) is 18.5 Å². The van der Waals surface area contributed by atoms with Gasteiger partial charge in [0, 0.05) is 17.0 Å². The highest BCUT2D eigenvalue weighted by atomic mass is 32.1. The fourth-order valence-electron chi connectivity index (χ4n) is 2.43. The van der Waals surface area contributed by atoms with E-state index in [0.717, 1.165) is 28.9 Å². The molecule has 0 saturated carbocycles. The highest BCUT2D eigenvalue weighted by Gasteiger charge is 2.22. The van der Waals surface area contributed by atoms with E-state index >= 15 is 0 Å². The number of rotatable bonds is 8. The third kappa shape index (κ3) is 5.69. The Bertz CT molecular complexity index is 817. The average Bonchev–Trinajstić information content (AvgIpc) is 3.03. The van der Waals surface area contributed by atoms with Crippen molar-refractivity contribution in [2.45, 2.75) is 34.1 Å². The van der Waals surface area contributed by atoms with Gasteiger partial charge >= 0.3 is 5.97 Å². The molecule has 6 heteroatoms. The van der Waals surface area contributed by atoms with Gasteiger partial charge in [0.05, 0.1) is 13.2 Å². The molecule has 0 radical (unpaired) electrons. The second kappa shape index (κ2) is 9.92. The Balaban J connectivity index is 2.36. The molecular weight excluding hydrogens is 362 g/mol. The van der Waals surface area contributed by atoms with E-state index in [1.54, 1.807) is 6.92 Å². The van der Waals surface area contributed by atoms with E-state index in [2.05, 4.69) is 12.2 Å². The van der Waals surface area contributed by atoms with E-state index in [1.807, 2.05) is 43.5 Å². The highest BCUT2D eigenvalue weighted by molar-refractivity contribution is 7.15. The molecule has 0 fully saturated rings. The third-order valence-electron chi connectivity index (χ3n) is 3.57. The number of nitrogens with one attached hydrogen (secondary N) is 1. The molecule has 2 aromatic rings. The van der Waals surface area contributed by atoms with Gasteiger partial charge in [-0.25, -0.2) is 4.79 Å². The maximum atomic E-state index is 12.5. The Morgan fingerprint density at radius 3 is 2.44 bits per heavy atom. The molecule has 1 aromatic heterocycles. The number of carbonyl (C=O) groups is 2. The van der Waals surface area contributed by atoms with Gasteiger partial charge in [-0.05, 0) is 44.9 Å². The van der Waals surface area contributed by atoms with Crippen LogP contribution >= 0.6 is 11.3 Å². The molecule has 0 aliphatic carbocycles. The molecule has 2 rings (SSSR count). The highest BCUT2D eigenvalue weighted by Crippen LogP contribution is 2.37. The number of carbonyl (C=O) groups excluding carboxylic acids is 2. The number of ether oxygens (including phenoxy) is 2. The summed E-state index contributed by atoms with van der Waals surface area (Å²) in [5, 5.41) is 5.13. The van der Waals surface area contributed by atoms with Crippen molar-refractivity contribution in [3.05, 3.63) is 46.9 Å². The molecule has 144 valence electrons. The number of anilines is 1. The monoisotopic (exact) mass is 387 g/mol. The summed E-state index contributed by atoms with van der Waals surface area (Å²) in [5.74, 6) is 0.0652. The molecule has 0 atom stereocenters. The molecule has 1 N–H and O–H groups in total. The van der Waals surface area contributed by atoms with Gasteiger partial charge in [0.25, 0.3) is 0 Å². The first-order valence-electron chi connectivity index (χ1n) is 8.94. The van der Waals surface area contributed by atoms with Crippen molar-refractivity contribution in [1.29, 1.82) is 0 Å². The van der Waals surface area contributed by atoms with Crippen LogP contribution in [-0.2, 0) is 9.53 Å². The first-order chi connectivity index (χ1) is 13.0. The molecule has 1 amide bonds. The molecular formula is C21H25NO4S. The van der Waals surface area contributed by atoms with Gasteiger partial charge in [-0.15, -0.1) is 11.3 Å². The molecule has 0 saturated heterocycles. The van der Waals surface area contributed by atoms with Gasteiger partial charge in [0.15, 0.2) is 0 Å². The lowest BCUT2D eigenvalue weighted by Crippen LogP contribution is -2.12. The van der Waals surface area contributed by atoms with Gasteiger partial charge < -0.3 is 14.8 Å². The maximum absolute atomic E-state index is 12.5. The van der Waals surface area contributed by atoms with Crippen LogP contribution < -0.4 is 10.1 Å². The summed E-state index contributed by atoms with van der Waals surface area (Å²) in [6, 6.07) is 7.55. The molecule has 1 heterocycles. The SMILES string of the molecule is CCCOc1ccc(-c2csc(NC(=O)C=C(C)C)c2C(=O)OCC)cc1. The van der Waals surface area contributed by atoms with Crippen LogP contribution in [0.15, 0.2) is 41.3 Å². The third-order valence-corrected chi connectivity index (χ3v) is 4.46. The summed E-state index contributed by atoms with van der Waals surface area (Å²) in [4.78, 5) is 24.6. The molecule has 0 aliphatic rings. The lowest BCUT2D eigenvalue weighted by Gasteiger charge is -2.09. The molecule has 1 aromatic carbocycles. The molecule has 0 aliphatic heterocycles. The minimum Gasteiger partial charge on any atom is -0.494 e. The van der Waals surface area contributed by atoms with Crippen molar-refractivity contribution in [3.8, 4) is 16.9 Å². The van der Waals surface area contributed by atoms with E-state index in [4.69, 9.17) is 9.47 Å². The zero-order chi connectivity index (χ0) is 19.8. The quantitative estimate of drug-likeness (QED) is 0.494. The smallest absolute Gasteiger partial charge is 0.341 e. The first-order valence-corrected chi connectivity index (χ1v) is 9.81. The normalized spacial score (nSPS) is 10.2. The number of allylic oxidation sites excluding steroid dienone is 1. The lowest BCUT2D eigenvalue weighted by atomic mass is 10.0. The number of benzene rings is 1. The molecule has 0 unspecified atom stereocenters. The predicted molar refractivity (Wildman–Crippen MR) is 110 cm³/mol. The summed E-state index contributed by atoms with van der Waals surface area (Å²) in [7, 11) is 0. The average molecular weight is 388 g/mol. The summed E-state index contributed by atoms with van der Waals surface area (Å²) in [6.45, 7) is 8.41. The first kappa shape index (κ1) is 20.7. The zero-order valence-electron chi connectivity index (χ0n) is 16.1. The fourth-order valence-corrected chi connectivity index (χ4v) is 3.39. The van der Waals surface area contributed by atoms with E-state index in [-0.39, 0.29) is 12.5 Å². The molecule has 27 heavy (non-hydrogen) atoms. The minimum atomic E-state index is -0.451. The van der Waals surface area contributed by atoms with Crippen molar-refractivity contribution >= 4 is 28.2 Å². The summed E-state index contributed by atoms with van der Waals surface area (Å²) in [5.41, 5.74) is 2.85. The number of amides is 1. The Morgan fingerprint density at radius 2 is 1.85 bits per heavy atom.